The van der Waals surface area contributed by atoms with Gasteiger partial charge in [0, 0.05) is 9.38 Å². The first-order valence-electron chi connectivity index (χ1n) is 3.68. The molecule has 0 aliphatic carbocycles. The second-order valence-electron chi connectivity index (χ2n) is 2.45. The fourth-order valence-electron chi connectivity index (χ4n) is 0.956. The summed E-state index contributed by atoms with van der Waals surface area (Å²) in [5, 5.41) is 12.4. The van der Waals surface area contributed by atoms with Crippen LogP contribution in [-0.4, -0.2) is 11.7 Å². The number of nitrogens with zero attached hydrogens (tertiary/aromatic N) is 3. The molecule has 1 aromatic rings. The van der Waals surface area contributed by atoms with E-state index in [1.807, 2.05) is 12.1 Å². The van der Waals surface area contributed by atoms with Crippen LogP contribution < -0.4 is 0 Å². The standard InChI is InChI=1S/C8H8BrN3O/c9-7-3-1-6(2-4-7)8(5-13)11-12-10/h1-4,8,13H,5H2/t8-/m0/s1. The van der Waals surface area contributed by atoms with Crippen molar-refractivity contribution in [3.63, 3.8) is 0 Å². The smallest absolute Gasteiger partial charge is 0.0856 e. The molecule has 1 rings (SSSR count). The lowest BCUT2D eigenvalue weighted by Gasteiger charge is -2.06. The number of hydrogen-bond acceptors (Lipinski definition) is 2. The highest BCUT2D eigenvalue weighted by Gasteiger charge is 2.06. The molecule has 0 saturated carbocycles. The largest absolute Gasteiger partial charge is 0.396 e. The van der Waals surface area contributed by atoms with E-state index in [2.05, 4.69) is 26.0 Å². The number of azide groups is 1. The fourth-order valence-corrected chi connectivity index (χ4v) is 1.22. The van der Waals surface area contributed by atoms with Crippen molar-refractivity contribution < 1.29 is 5.11 Å². The summed E-state index contributed by atoms with van der Waals surface area (Å²) in [6, 6.07) is 6.80. The summed E-state index contributed by atoms with van der Waals surface area (Å²) in [5.74, 6) is 0. The van der Waals surface area contributed by atoms with Crippen LogP contribution in [0.4, 0.5) is 0 Å². The van der Waals surface area contributed by atoms with Crippen molar-refractivity contribution in [2.45, 2.75) is 6.04 Å². The highest BCUT2D eigenvalue weighted by Crippen LogP contribution is 2.19. The van der Waals surface area contributed by atoms with E-state index in [0.717, 1.165) is 10.0 Å². The van der Waals surface area contributed by atoms with Crippen molar-refractivity contribution >= 4 is 15.9 Å². The maximum Gasteiger partial charge on any atom is 0.0856 e. The van der Waals surface area contributed by atoms with Crippen molar-refractivity contribution in [1.29, 1.82) is 0 Å². The number of benzene rings is 1. The van der Waals surface area contributed by atoms with Crippen molar-refractivity contribution in [3.05, 3.63) is 44.7 Å². The highest BCUT2D eigenvalue weighted by molar-refractivity contribution is 9.10. The van der Waals surface area contributed by atoms with E-state index < -0.39 is 6.04 Å². The van der Waals surface area contributed by atoms with Gasteiger partial charge < -0.3 is 5.11 Å². The molecule has 0 unspecified atom stereocenters. The molecular weight excluding hydrogens is 234 g/mol. The minimum absolute atomic E-state index is 0.175. The molecule has 1 atom stereocenters. The Morgan fingerprint density at radius 3 is 2.54 bits per heavy atom. The first kappa shape index (κ1) is 10.1. The summed E-state index contributed by atoms with van der Waals surface area (Å²) >= 11 is 3.29. The fraction of sp³-hybridized carbons (Fsp3) is 0.250. The predicted molar refractivity (Wildman–Crippen MR) is 53.1 cm³/mol. The Labute approximate surface area is 84.0 Å². The zero-order valence-corrected chi connectivity index (χ0v) is 8.35. The monoisotopic (exact) mass is 241 g/mol. The molecule has 0 radical (unpaired) electrons. The Bertz CT molecular complexity index is 319. The zero-order chi connectivity index (χ0) is 9.68. The van der Waals surface area contributed by atoms with Crippen LogP contribution in [0, 0.1) is 0 Å². The summed E-state index contributed by atoms with van der Waals surface area (Å²) in [5.41, 5.74) is 9.03. The van der Waals surface area contributed by atoms with E-state index in [0.29, 0.717) is 0 Å². The number of hydrogen-bond donors (Lipinski definition) is 1. The Morgan fingerprint density at radius 1 is 1.46 bits per heavy atom. The molecule has 1 N–H and O–H groups in total. The molecule has 0 bridgehead atoms. The van der Waals surface area contributed by atoms with Gasteiger partial charge in [0.2, 0.25) is 0 Å². The molecule has 0 saturated heterocycles. The van der Waals surface area contributed by atoms with Crippen LogP contribution in [0.15, 0.2) is 33.9 Å². The normalized spacial score (nSPS) is 11.8. The summed E-state index contributed by atoms with van der Waals surface area (Å²) in [6.45, 7) is -0.175. The third-order valence-corrected chi connectivity index (χ3v) is 2.15. The van der Waals surface area contributed by atoms with E-state index in [4.69, 9.17) is 10.6 Å². The molecule has 68 valence electrons. The molecule has 0 amide bonds. The van der Waals surface area contributed by atoms with E-state index in [1.54, 1.807) is 12.1 Å². The highest BCUT2D eigenvalue weighted by atomic mass is 79.9. The van der Waals surface area contributed by atoms with Crippen molar-refractivity contribution in [3.8, 4) is 0 Å². The Balaban J connectivity index is 2.91. The van der Waals surface area contributed by atoms with Gasteiger partial charge in [-0.25, -0.2) is 0 Å². The molecule has 0 aromatic heterocycles. The van der Waals surface area contributed by atoms with Crippen LogP contribution >= 0.6 is 15.9 Å². The van der Waals surface area contributed by atoms with Crippen molar-refractivity contribution in [1.82, 2.24) is 0 Å². The molecule has 0 fully saturated rings. The summed E-state index contributed by atoms with van der Waals surface area (Å²) in [4.78, 5) is 2.66. The van der Waals surface area contributed by atoms with Crippen LogP contribution in [0.3, 0.4) is 0 Å². The lowest BCUT2D eigenvalue weighted by atomic mass is 10.1. The Kier molecular flexibility index (Phi) is 3.76. The maximum absolute atomic E-state index is 8.90. The van der Waals surface area contributed by atoms with Gasteiger partial charge in [-0.05, 0) is 23.2 Å². The topological polar surface area (TPSA) is 69.0 Å². The SMILES string of the molecule is [N-]=[N+]=N[C@@H](CO)c1ccc(Br)cc1. The van der Waals surface area contributed by atoms with Gasteiger partial charge >= 0.3 is 0 Å². The second-order valence-corrected chi connectivity index (χ2v) is 3.37. The summed E-state index contributed by atoms with van der Waals surface area (Å²) in [7, 11) is 0. The van der Waals surface area contributed by atoms with Gasteiger partial charge in [-0.15, -0.1) is 0 Å². The van der Waals surface area contributed by atoms with Crippen molar-refractivity contribution in [2.75, 3.05) is 6.61 Å². The van der Waals surface area contributed by atoms with Crippen LogP contribution in [0.2, 0.25) is 0 Å². The van der Waals surface area contributed by atoms with Gasteiger partial charge in [0.1, 0.15) is 0 Å². The molecule has 5 heteroatoms. The van der Waals surface area contributed by atoms with E-state index in [9.17, 15) is 0 Å². The molecule has 4 nitrogen and oxygen atoms in total. The quantitative estimate of drug-likeness (QED) is 0.494. The van der Waals surface area contributed by atoms with E-state index in [1.165, 1.54) is 0 Å². The summed E-state index contributed by atoms with van der Waals surface area (Å²) < 4.78 is 0.953. The molecule has 0 spiro atoms. The lowest BCUT2D eigenvalue weighted by Crippen LogP contribution is -1.99. The number of rotatable bonds is 3. The van der Waals surface area contributed by atoms with Gasteiger partial charge in [-0.1, -0.05) is 33.2 Å². The van der Waals surface area contributed by atoms with Crippen LogP contribution in [-0.2, 0) is 0 Å². The third kappa shape index (κ3) is 2.73. The number of halogens is 1. The first-order chi connectivity index (χ1) is 6.27. The molecule has 13 heavy (non-hydrogen) atoms. The van der Waals surface area contributed by atoms with Crippen LogP contribution in [0.5, 0.6) is 0 Å². The lowest BCUT2D eigenvalue weighted by molar-refractivity contribution is 0.268. The maximum atomic E-state index is 8.90. The molecule has 0 heterocycles. The summed E-state index contributed by atoms with van der Waals surface area (Å²) in [6.07, 6.45) is 0. The van der Waals surface area contributed by atoms with Gasteiger partial charge in [-0.2, -0.15) is 0 Å². The van der Waals surface area contributed by atoms with E-state index in [-0.39, 0.29) is 6.61 Å². The number of aliphatic hydroxyl groups is 1. The Hall–Kier alpha value is -1.03. The second kappa shape index (κ2) is 4.87. The molecular formula is C8H8BrN3O. The van der Waals surface area contributed by atoms with Gasteiger partial charge in [0.15, 0.2) is 0 Å². The van der Waals surface area contributed by atoms with Gasteiger partial charge in [-0.3, -0.25) is 0 Å². The average Bonchev–Trinajstić information content (AvgIpc) is 2.16. The minimum Gasteiger partial charge on any atom is -0.396 e. The number of aliphatic hydroxyl groups excluding tert-OH is 1. The average molecular weight is 242 g/mol. The van der Waals surface area contributed by atoms with E-state index >= 15 is 0 Å². The Morgan fingerprint density at radius 2 is 2.08 bits per heavy atom. The first-order valence-corrected chi connectivity index (χ1v) is 4.47. The predicted octanol–water partition coefficient (Wildman–Crippen LogP) is 2.79. The van der Waals surface area contributed by atoms with Crippen LogP contribution in [0.1, 0.15) is 11.6 Å². The molecule has 0 aliphatic heterocycles. The minimum atomic E-state index is -0.488. The van der Waals surface area contributed by atoms with Gasteiger partial charge in [0.05, 0.1) is 12.6 Å². The van der Waals surface area contributed by atoms with Gasteiger partial charge in [0.25, 0.3) is 0 Å². The van der Waals surface area contributed by atoms with Crippen molar-refractivity contribution in [2.24, 2.45) is 5.11 Å². The third-order valence-electron chi connectivity index (χ3n) is 1.62. The molecule has 0 aliphatic rings. The molecule has 1 aromatic carbocycles. The zero-order valence-electron chi connectivity index (χ0n) is 6.76. The van der Waals surface area contributed by atoms with Crippen LogP contribution in [0.25, 0.3) is 10.4 Å².